The number of methoxy groups -OCH3 is 1. The van der Waals surface area contributed by atoms with E-state index >= 15 is 0 Å². The minimum absolute atomic E-state index is 0.103. The molecule has 0 unspecified atom stereocenters. The van der Waals surface area contributed by atoms with Crippen LogP contribution in [0.3, 0.4) is 0 Å². The molecule has 0 spiro atoms. The monoisotopic (exact) mass is 381 g/mol. The molecular weight excluding hydrogens is 358 g/mol. The number of nitrogens with one attached hydrogen (secondary N) is 2. The SMILES string of the molecule is COc1ccc(C)cc1NC(=O)C(=O)Nc1ccc(N2CCCC2=O)c(C)c1. The number of carbonyl (C=O) groups is 3. The third kappa shape index (κ3) is 4.14. The lowest BCUT2D eigenvalue weighted by Crippen LogP contribution is -2.29. The minimum Gasteiger partial charge on any atom is -0.495 e. The second-order valence-corrected chi connectivity index (χ2v) is 6.76. The van der Waals surface area contributed by atoms with Crippen molar-refractivity contribution in [3.63, 3.8) is 0 Å². The first-order valence-corrected chi connectivity index (χ1v) is 9.07. The maximum Gasteiger partial charge on any atom is 0.314 e. The van der Waals surface area contributed by atoms with Gasteiger partial charge < -0.3 is 20.3 Å². The highest BCUT2D eigenvalue weighted by Crippen LogP contribution is 2.28. The topological polar surface area (TPSA) is 87.7 Å². The maximum atomic E-state index is 12.3. The number of benzene rings is 2. The van der Waals surface area contributed by atoms with E-state index in [0.717, 1.165) is 23.2 Å². The van der Waals surface area contributed by atoms with Crippen LogP contribution in [0.5, 0.6) is 5.75 Å². The van der Waals surface area contributed by atoms with Crippen LogP contribution >= 0.6 is 0 Å². The lowest BCUT2D eigenvalue weighted by Gasteiger charge is -2.19. The van der Waals surface area contributed by atoms with Gasteiger partial charge in [-0.1, -0.05) is 6.07 Å². The van der Waals surface area contributed by atoms with E-state index in [1.54, 1.807) is 35.2 Å². The van der Waals surface area contributed by atoms with Crippen molar-refractivity contribution in [3.8, 4) is 5.75 Å². The number of carbonyl (C=O) groups excluding carboxylic acids is 3. The van der Waals surface area contributed by atoms with Gasteiger partial charge in [0.15, 0.2) is 0 Å². The van der Waals surface area contributed by atoms with Crippen molar-refractivity contribution in [1.29, 1.82) is 0 Å². The molecule has 1 heterocycles. The number of nitrogens with zero attached hydrogens (tertiary/aromatic N) is 1. The van der Waals surface area contributed by atoms with E-state index in [4.69, 9.17) is 4.74 Å². The number of anilines is 3. The van der Waals surface area contributed by atoms with Crippen LogP contribution in [-0.4, -0.2) is 31.4 Å². The zero-order valence-corrected chi connectivity index (χ0v) is 16.2. The first-order chi connectivity index (χ1) is 13.4. The van der Waals surface area contributed by atoms with Gasteiger partial charge >= 0.3 is 11.8 Å². The molecule has 3 amide bonds. The quantitative estimate of drug-likeness (QED) is 0.797. The van der Waals surface area contributed by atoms with Crippen molar-refractivity contribution in [2.45, 2.75) is 26.7 Å². The van der Waals surface area contributed by atoms with Crippen molar-refractivity contribution in [2.75, 3.05) is 29.2 Å². The van der Waals surface area contributed by atoms with Gasteiger partial charge in [0.25, 0.3) is 0 Å². The Morgan fingerprint density at radius 1 is 1.04 bits per heavy atom. The zero-order valence-electron chi connectivity index (χ0n) is 16.2. The smallest absolute Gasteiger partial charge is 0.314 e. The molecule has 0 radical (unpaired) electrons. The van der Waals surface area contributed by atoms with Gasteiger partial charge in [-0.25, -0.2) is 0 Å². The predicted octanol–water partition coefficient (Wildman–Crippen LogP) is 3.02. The molecule has 3 rings (SSSR count). The number of hydrogen-bond donors (Lipinski definition) is 2. The van der Waals surface area contributed by atoms with E-state index in [0.29, 0.717) is 30.1 Å². The maximum absolute atomic E-state index is 12.3. The van der Waals surface area contributed by atoms with Crippen molar-refractivity contribution >= 4 is 34.8 Å². The summed E-state index contributed by atoms with van der Waals surface area (Å²) in [5.41, 5.74) is 3.54. The van der Waals surface area contributed by atoms with Gasteiger partial charge in [-0.3, -0.25) is 14.4 Å². The first-order valence-electron chi connectivity index (χ1n) is 9.07. The van der Waals surface area contributed by atoms with Crippen LogP contribution in [0.2, 0.25) is 0 Å². The molecule has 1 aliphatic heterocycles. The molecule has 2 aromatic carbocycles. The average Bonchev–Trinajstić information content (AvgIpc) is 3.07. The fourth-order valence-corrected chi connectivity index (χ4v) is 3.23. The van der Waals surface area contributed by atoms with Crippen LogP contribution in [0.15, 0.2) is 36.4 Å². The van der Waals surface area contributed by atoms with Gasteiger partial charge in [0, 0.05) is 24.3 Å². The first kappa shape index (κ1) is 19.4. The Labute approximate surface area is 163 Å². The molecule has 0 atom stereocenters. The van der Waals surface area contributed by atoms with Gasteiger partial charge in [0.05, 0.1) is 12.8 Å². The normalized spacial score (nSPS) is 13.4. The van der Waals surface area contributed by atoms with Crippen LogP contribution in [0.25, 0.3) is 0 Å². The van der Waals surface area contributed by atoms with Crippen molar-refractivity contribution in [3.05, 3.63) is 47.5 Å². The molecule has 0 aliphatic carbocycles. The third-order valence-electron chi connectivity index (χ3n) is 4.63. The largest absolute Gasteiger partial charge is 0.495 e. The summed E-state index contributed by atoms with van der Waals surface area (Å²) in [5, 5.41) is 5.16. The second kappa shape index (κ2) is 8.12. The van der Waals surface area contributed by atoms with Gasteiger partial charge in [0.2, 0.25) is 5.91 Å². The molecule has 28 heavy (non-hydrogen) atoms. The number of ether oxygens (including phenoxy) is 1. The Hall–Kier alpha value is -3.35. The van der Waals surface area contributed by atoms with Crippen molar-refractivity contribution in [2.24, 2.45) is 0 Å². The molecule has 1 saturated heterocycles. The fourth-order valence-electron chi connectivity index (χ4n) is 3.23. The molecular formula is C21H23N3O4. The van der Waals surface area contributed by atoms with E-state index in [2.05, 4.69) is 10.6 Å². The summed E-state index contributed by atoms with van der Waals surface area (Å²) in [5.74, 6) is -0.998. The zero-order chi connectivity index (χ0) is 20.3. The summed E-state index contributed by atoms with van der Waals surface area (Å²) in [4.78, 5) is 38.2. The van der Waals surface area contributed by atoms with Crippen LogP contribution in [-0.2, 0) is 14.4 Å². The van der Waals surface area contributed by atoms with E-state index in [1.165, 1.54) is 7.11 Å². The van der Waals surface area contributed by atoms with Gasteiger partial charge in [-0.05, 0) is 61.7 Å². The van der Waals surface area contributed by atoms with Crippen molar-refractivity contribution in [1.82, 2.24) is 0 Å². The molecule has 7 heteroatoms. The molecule has 7 nitrogen and oxygen atoms in total. The van der Waals surface area contributed by atoms with Gasteiger partial charge in [-0.15, -0.1) is 0 Å². The fraction of sp³-hybridized carbons (Fsp3) is 0.286. The molecule has 2 N–H and O–H groups in total. The molecule has 1 aliphatic rings. The Morgan fingerprint density at radius 2 is 1.79 bits per heavy atom. The third-order valence-corrected chi connectivity index (χ3v) is 4.63. The highest BCUT2D eigenvalue weighted by atomic mass is 16.5. The summed E-state index contributed by atoms with van der Waals surface area (Å²) in [6.45, 7) is 4.45. The Kier molecular flexibility index (Phi) is 5.63. The number of aryl methyl sites for hydroxylation is 2. The van der Waals surface area contributed by atoms with E-state index in [1.807, 2.05) is 19.9 Å². The molecule has 1 fully saturated rings. The summed E-state index contributed by atoms with van der Waals surface area (Å²) < 4.78 is 5.21. The Bertz CT molecular complexity index is 939. The molecule has 0 aromatic heterocycles. The summed E-state index contributed by atoms with van der Waals surface area (Å²) in [6, 6.07) is 10.5. The van der Waals surface area contributed by atoms with Crippen molar-refractivity contribution < 1.29 is 19.1 Å². The van der Waals surface area contributed by atoms with Gasteiger partial charge in [-0.2, -0.15) is 0 Å². The molecule has 146 valence electrons. The number of hydrogen-bond acceptors (Lipinski definition) is 4. The molecule has 0 bridgehead atoms. The average molecular weight is 381 g/mol. The lowest BCUT2D eigenvalue weighted by atomic mass is 10.1. The van der Waals surface area contributed by atoms with E-state index in [-0.39, 0.29) is 5.91 Å². The minimum atomic E-state index is -0.791. The second-order valence-electron chi connectivity index (χ2n) is 6.76. The number of amides is 3. The van der Waals surface area contributed by atoms with Crippen LogP contribution in [0, 0.1) is 13.8 Å². The molecule has 2 aromatic rings. The highest BCUT2D eigenvalue weighted by molar-refractivity contribution is 6.43. The summed E-state index contributed by atoms with van der Waals surface area (Å²) in [7, 11) is 1.50. The van der Waals surface area contributed by atoms with Crippen LogP contribution in [0.1, 0.15) is 24.0 Å². The Morgan fingerprint density at radius 3 is 2.43 bits per heavy atom. The summed E-state index contributed by atoms with van der Waals surface area (Å²) in [6.07, 6.45) is 1.40. The van der Waals surface area contributed by atoms with E-state index < -0.39 is 11.8 Å². The highest BCUT2D eigenvalue weighted by Gasteiger charge is 2.23. The predicted molar refractivity (Wildman–Crippen MR) is 108 cm³/mol. The summed E-state index contributed by atoms with van der Waals surface area (Å²) >= 11 is 0. The number of rotatable bonds is 4. The van der Waals surface area contributed by atoms with Gasteiger partial charge in [0.1, 0.15) is 5.75 Å². The standard InChI is InChI=1S/C21H23N3O4/c1-13-6-9-18(28-3)16(11-13)23-21(27)20(26)22-15-7-8-17(14(2)12-15)24-10-4-5-19(24)25/h6-9,11-12H,4-5,10H2,1-3H3,(H,22,26)(H,23,27). The lowest BCUT2D eigenvalue weighted by molar-refractivity contribution is -0.133. The van der Waals surface area contributed by atoms with E-state index in [9.17, 15) is 14.4 Å². The molecule has 0 saturated carbocycles. The van der Waals surface area contributed by atoms with Crippen LogP contribution < -0.4 is 20.3 Å². The van der Waals surface area contributed by atoms with Crippen LogP contribution in [0.4, 0.5) is 17.1 Å². The Balaban J connectivity index is 1.69.